The third-order valence-corrected chi connectivity index (χ3v) is 5.49. The van der Waals surface area contributed by atoms with Gasteiger partial charge in [-0.05, 0) is 73.3 Å². The number of hydrogen-bond acceptors (Lipinski definition) is 1. The lowest BCUT2D eigenvalue weighted by molar-refractivity contribution is 0.308. The first-order valence-corrected chi connectivity index (χ1v) is 9.74. The molecule has 0 aromatic heterocycles. The van der Waals surface area contributed by atoms with Crippen LogP contribution in [0.15, 0.2) is 42.5 Å². The van der Waals surface area contributed by atoms with Crippen molar-refractivity contribution in [3.05, 3.63) is 53.8 Å². The summed E-state index contributed by atoms with van der Waals surface area (Å²) in [6, 6.07) is 13.9. The SMILES string of the molecule is CCCC1CCC(c2ccc(-c3ccc(OCC)c(F)c3)cc2)CC1. The summed E-state index contributed by atoms with van der Waals surface area (Å²) in [5.74, 6) is 1.66. The van der Waals surface area contributed by atoms with Crippen LogP contribution in [-0.4, -0.2) is 6.61 Å². The molecule has 0 unspecified atom stereocenters. The molecule has 134 valence electrons. The van der Waals surface area contributed by atoms with Gasteiger partial charge in [0, 0.05) is 0 Å². The van der Waals surface area contributed by atoms with Gasteiger partial charge < -0.3 is 4.74 Å². The molecule has 1 aliphatic carbocycles. The number of hydrogen-bond donors (Lipinski definition) is 0. The molecule has 1 nitrogen and oxygen atoms in total. The Balaban J connectivity index is 1.67. The van der Waals surface area contributed by atoms with Crippen molar-refractivity contribution >= 4 is 0 Å². The molecular weight excluding hydrogens is 311 g/mol. The van der Waals surface area contributed by atoms with Gasteiger partial charge in [0.05, 0.1) is 6.61 Å². The molecule has 3 rings (SSSR count). The van der Waals surface area contributed by atoms with Crippen LogP contribution in [0.25, 0.3) is 11.1 Å². The quantitative estimate of drug-likeness (QED) is 0.552. The molecule has 2 heteroatoms. The Bertz CT molecular complexity index is 669. The molecule has 0 spiro atoms. The highest BCUT2D eigenvalue weighted by molar-refractivity contribution is 5.64. The lowest BCUT2D eigenvalue weighted by atomic mass is 9.77. The molecule has 1 saturated carbocycles. The van der Waals surface area contributed by atoms with E-state index >= 15 is 0 Å². The van der Waals surface area contributed by atoms with Crippen molar-refractivity contribution in [1.29, 1.82) is 0 Å². The van der Waals surface area contributed by atoms with E-state index in [-0.39, 0.29) is 5.82 Å². The Kier molecular flexibility index (Phi) is 6.12. The van der Waals surface area contributed by atoms with Gasteiger partial charge >= 0.3 is 0 Å². The third kappa shape index (κ3) is 4.42. The lowest BCUT2D eigenvalue weighted by Gasteiger charge is -2.28. The van der Waals surface area contributed by atoms with Crippen molar-refractivity contribution in [1.82, 2.24) is 0 Å². The van der Waals surface area contributed by atoms with Gasteiger partial charge in [-0.2, -0.15) is 0 Å². The summed E-state index contributed by atoms with van der Waals surface area (Å²) in [5, 5.41) is 0. The monoisotopic (exact) mass is 340 g/mol. The highest BCUT2D eigenvalue weighted by atomic mass is 19.1. The Morgan fingerprint density at radius 3 is 2.20 bits per heavy atom. The van der Waals surface area contributed by atoms with Crippen LogP contribution in [-0.2, 0) is 0 Å². The van der Waals surface area contributed by atoms with Crippen LogP contribution in [0.5, 0.6) is 5.75 Å². The minimum atomic E-state index is -0.294. The molecule has 0 atom stereocenters. The molecule has 0 N–H and O–H groups in total. The van der Waals surface area contributed by atoms with Crippen LogP contribution in [0.2, 0.25) is 0 Å². The second-order valence-corrected chi connectivity index (χ2v) is 7.21. The molecule has 0 amide bonds. The fourth-order valence-electron chi connectivity index (χ4n) is 4.09. The third-order valence-electron chi connectivity index (χ3n) is 5.49. The standard InChI is InChI=1S/C23H29FO/c1-3-5-17-6-8-18(9-7-17)19-10-12-20(13-11-19)21-14-15-23(25-4-2)22(24)16-21/h10-18H,3-9H2,1-2H3. The van der Waals surface area contributed by atoms with E-state index in [1.54, 1.807) is 12.1 Å². The molecular formula is C23H29FO. The highest BCUT2D eigenvalue weighted by Crippen LogP contribution is 2.38. The summed E-state index contributed by atoms with van der Waals surface area (Å²) in [7, 11) is 0. The van der Waals surface area contributed by atoms with E-state index in [0.29, 0.717) is 18.3 Å². The molecule has 1 aliphatic rings. The smallest absolute Gasteiger partial charge is 0.165 e. The first kappa shape index (κ1) is 18.0. The number of halogens is 1. The summed E-state index contributed by atoms with van der Waals surface area (Å²) < 4.78 is 19.3. The van der Waals surface area contributed by atoms with Crippen molar-refractivity contribution < 1.29 is 9.13 Å². The molecule has 0 aliphatic heterocycles. The molecule has 25 heavy (non-hydrogen) atoms. The zero-order chi connectivity index (χ0) is 17.6. The largest absolute Gasteiger partial charge is 0.491 e. The van der Waals surface area contributed by atoms with E-state index in [4.69, 9.17) is 4.74 Å². The van der Waals surface area contributed by atoms with Crippen LogP contribution in [0, 0.1) is 11.7 Å². The van der Waals surface area contributed by atoms with Crippen LogP contribution < -0.4 is 4.74 Å². The first-order chi connectivity index (χ1) is 12.2. The van der Waals surface area contributed by atoms with Gasteiger partial charge in [-0.25, -0.2) is 4.39 Å². The zero-order valence-corrected chi connectivity index (χ0v) is 15.4. The minimum absolute atomic E-state index is 0.294. The Morgan fingerprint density at radius 1 is 0.920 bits per heavy atom. The Morgan fingerprint density at radius 2 is 1.60 bits per heavy atom. The van der Waals surface area contributed by atoms with Gasteiger partial charge in [0.2, 0.25) is 0 Å². The Hall–Kier alpha value is -1.83. The molecule has 2 aromatic rings. The minimum Gasteiger partial charge on any atom is -0.491 e. The van der Waals surface area contributed by atoms with Gasteiger partial charge in [-0.3, -0.25) is 0 Å². The summed E-state index contributed by atoms with van der Waals surface area (Å²) in [4.78, 5) is 0. The maximum absolute atomic E-state index is 14.1. The van der Waals surface area contributed by atoms with Crippen LogP contribution >= 0.6 is 0 Å². The summed E-state index contributed by atoms with van der Waals surface area (Å²) >= 11 is 0. The molecule has 2 aromatic carbocycles. The van der Waals surface area contributed by atoms with E-state index in [0.717, 1.165) is 17.0 Å². The Labute approximate surface area is 151 Å². The van der Waals surface area contributed by atoms with Gasteiger partial charge in [-0.1, -0.05) is 50.1 Å². The maximum atomic E-state index is 14.1. The molecule has 0 bridgehead atoms. The van der Waals surface area contributed by atoms with Crippen LogP contribution in [0.4, 0.5) is 4.39 Å². The average Bonchev–Trinajstić information content (AvgIpc) is 2.65. The van der Waals surface area contributed by atoms with Crippen molar-refractivity contribution in [3.63, 3.8) is 0 Å². The van der Waals surface area contributed by atoms with E-state index in [1.807, 2.05) is 13.0 Å². The van der Waals surface area contributed by atoms with Crippen molar-refractivity contribution in [2.24, 2.45) is 5.92 Å². The van der Waals surface area contributed by atoms with Gasteiger partial charge in [-0.15, -0.1) is 0 Å². The van der Waals surface area contributed by atoms with E-state index < -0.39 is 0 Å². The normalized spacial score (nSPS) is 20.4. The number of benzene rings is 2. The predicted octanol–water partition coefficient (Wildman–Crippen LogP) is 6.97. The summed E-state index contributed by atoms with van der Waals surface area (Å²) in [5.41, 5.74) is 3.40. The van der Waals surface area contributed by atoms with E-state index in [9.17, 15) is 4.39 Å². The number of ether oxygens (including phenoxy) is 1. The summed E-state index contributed by atoms with van der Waals surface area (Å²) in [6.07, 6.45) is 8.04. The van der Waals surface area contributed by atoms with Gasteiger partial charge in [0.25, 0.3) is 0 Å². The average molecular weight is 340 g/mol. The second-order valence-electron chi connectivity index (χ2n) is 7.21. The fourth-order valence-corrected chi connectivity index (χ4v) is 4.09. The molecule has 0 saturated heterocycles. The van der Waals surface area contributed by atoms with E-state index in [2.05, 4.69) is 31.2 Å². The van der Waals surface area contributed by atoms with Crippen molar-refractivity contribution in [2.45, 2.75) is 58.3 Å². The second kappa shape index (κ2) is 8.51. The first-order valence-electron chi connectivity index (χ1n) is 9.74. The fraction of sp³-hybridized carbons (Fsp3) is 0.478. The molecule has 0 radical (unpaired) electrons. The van der Waals surface area contributed by atoms with Crippen LogP contribution in [0.3, 0.4) is 0 Å². The zero-order valence-electron chi connectivity index (χ0n) is 15.4. The molecule has 0 heterocycles. The lowest BCUT2D eigenvalue weighted by Crippen LogP contribution is -2.13. The predicted molar refractivity (Wildman–Crippen MR) is 103 cm³/mol. The summed E-state index contributed by atoms with van der Waals surface area (Å²) in [6.45, 7) is 4.63. The maximum Gasteiger partial charge on any atom is 0.165 e. The van der Waals surface area contributed by atoms with Crippen molar-refractivity contribution in [2.75, 3.05) is 6.61 Å². The molecule has 1 fully saturated rings. The van der Waals surface area contributed by atoms with Gasteiger partial charge in [0.15, 0.2) is 11.6 Å². The topological polar surface area (TPSA) is 9.23 Å². The van der Waals surface area contributed by atoms with E-state index in [1.165, 1.54) is 44.1 Å². The highest BCUT2D eigenvalue weighted by Gasteiger charge is 2.21. The van der Waals surface area contributed by atoms with Crippen molar-refractivity contribution in [3.8, 4) is 16.9 Å². The van der Waals surface area contributed by atoms with Crippen LogP contribution in [0.1, 0.15) is 63.9 Å². The van der Waals surface area contributed by atoms with Gasteiger partial charge in [0.1, 0.15) is 0 Å². The number of rotatable bonds is 6.